The molecule has 1 amide bonds. The number of carbonyl (C=O) groups excluding carboxylic acids is 1. The summed E-state index contributed by atoms with van der Waals surface area (Å²) in [5.74, 6) is 0.184. The summed E-state index contributed by atoms with van der Waals surface area (Å²) in [7, 11) is 1.79. The van der Waals surface area contributed by atoms with Crippen LogP contribution in [0.25, 0.3) is 27.9 Å². The molecule has 4 aromatic heterocycles. The minimum absolute atomic E-state index is 0.0833. The van der Waals surface area contributed by atoms with Crippen LogP contribution in [0, 0.1) is 12.8 Å². The third-order valence-corrected chi connectivity index (χ3v) is 7.65. The molecule has 194 valence electrons. The highest BCUT2D eigenvalue weighted by atomic mass is 35.5. The van der Waals surface area contributed by atoms with Gasteiger partial charge in [0.25, 0.3) is 5.91 Å². The van der Waals surface area contributed by atoms with E-state index < -0.39 is 0 Å². The van der Waals surface area contributed by atoms with Crippen molar-refractivity contribution >= 4 is 39.7 Å². The number of aryl methyl sites for hydroxylation is 2. The molecule has 0 unspecified atom stereocenters. The van der Waals surface area contributed by atoms with E-state index in [4.69, 9.17) is 11.6 Å². The highest BCUT2D eigenvalue weighted by Crippen LogP contribution is 2.28. The lowest BCUT2D eigenvalue weighted by Crippen LogP contribution is -2.39. The molecule has 5 aromatic rings. The molecule has 1 fully saturated rings. The van der Waals surface area contributed by atoms with E-state index in [2.05, 4.69) is 25.6 Å². The summed E-state index contributed by atoms with van der Waals surface area (Å²) >= 11 is 6.04. The normalized spacial score (nSPS) is 17.8. The van der Waals surface area contributed by atoms with Gasteiger partial charge in [-0.15, -0.1) is 5.10 Å². The first-order valence-electron chi connectivity index (χ1n) is 12.7. The molecule has 1 aromatic carbocycles. The van der Waals surface area contributed by atoms with Gasteiger partial charge in [-0.25, -0.2) is 14.5 Å². The second kappa shape index (κ2) is 9.68. The third-order valence-electron chi connectivity index (χ3n) is 7.44. The molecule has 0 atom stereocenters. The first kappa shape index (κ1) is 24.3. The second-order valence-electron chi connectivity index (χ2n) is 9.94. The van der Waals surface area contributed by atoms with Crippen molar-refractivity contribution in [1.29, 1.82) is 0 Å². The van der Waals surface area contributed by atoms with Gasteiger partial charge in [0.2, 0.25) is 0 Å². The zero-order chi connectivity index (χ0) is 26.4. The van der Waals surface area contributed by atoms with Gasteiger partial charge >= 0.3 is 5.69 Å². The Hall–Kier alpha value is -4.05. The quantitative estimate of drug-likeness (QED) is 0.370. The molecule has 1 aliphatic carbocycles. The Morgan fingerprint density at radius 3 is 2.63 bits per heavy atom. The van der Waals surface area contributed by atoms with Crippen LogP contribution in [0.4, 0.5) is 0 Å². The number of imidazole rings is 1. The first-order chi connectivity index (χ1) is 18.4. The predicted octanol–water partition coefficient (Wildman–Crippen LogP) is 3.81. The fourth-order valence-corrected chi connectivity index (χ4v) is 5.58. The Morgan fingerprint density at radius 1 is 1.08 bits per heavy atom. The largest absolute Gasteiger partial charge is 0.349 e. The fraction of sp³-hybridized carbons (Fsp3) is 0.333. The van der Waals surface area contributed by atoms with Gasteiger partial charge in [0.05, 0.1) is 39.2 Å². The molecule has 11 heteroatoms. The number of aromatic nitrogens is 7. The van der Waals surface area contributed by atoms with Crippen LogP contribution >= 0.6 is 11.6 Å². The van der Waals surface area contributed by atoms with Crippen LogP contribution in [0.1, 0.15) is 41.7 Å². The molecule has 1 saturated carbocycles. The van der Waals surface area contributed by atoms with E-state index in [-0.39, 0.29) is 17.6 Å². The van der Waals surface area contributed by atoms with Crippen molar-refractivity contribution in [2.45, 2.75) is 45.2 Å². The van der Waals surface area contributed by atoms with E-state index in [0.717, 1.165) is 36.7 Å². The number of benzene rings is 1. The monoisotopic (exact) mass is 530 g/mol. The van der Waals surface area contributed by atoms with Crippen LogP contribution in [0.5, 0.6) is 0 Å². The number of pyridine rings is 2. The number of carbonyl (C=O) groups is 1. The zero-order valence-corrected chi connectivity index (χ0v) is 21.9. The first-order valence-corrected chi connectivity index (χ1v) is 13.1. The molecular weight excluding hydrogens is 504 g/mol. The summed E-state index contributed by atoms with van der Waals surface area (Å²) in [5, 5.41) is 11.8. The van der Waals surface area contributed by atoms with Gasteiger partial charge in [0.15, 0.2) is 5.65 Å². The predicted molar refractivity (Wildman–Crippen MR) is 145 cm³/mol. The fourth-order valence-electron chi connectivity index (χ4n) is 5.42. The minimum atomic E-state index is -0.145. The number of halogens is 1. The molecule has 0 spiro atoms. The van der Waals surface area contributed by atoms with E-state index in [1.807, 2.05) is 34.9 Å². The molecule has 1 N–H and O–H groups in total. The number of para-hydroxylation sites is 2. The van der Waals surface area contributed by atoms with E-state index >= 15 is 0 Å². The van der Waals surface area contributed by atoms with Crippen LogP contribution in [-0.2, 0) is 13.6 Å². The molecule has 0 saturated heterocycles. The average molecular weight is 531 g/mol. The smallest absolute Gasteiger partial charge is 0.333 e. The summed E-state index contributed by atoms with van der Waals surface area (Å²) in [6.45, 7) is 2.42. The summed E-state index contributed by atoms with van der Waals surface area (Å²) in [6.07, 6.45) is 6.76. The summed E-state index contributed by atoms with van der Waals surface area (Å²) in [6, 6.07) is 11.4. The van der Waals surface area contributed by atoms with Crippen LogP contribution in [0.2, 0.25) is 5.02 Å². The van der Waals surface area contributed by atoms with Gasteiger partial charge in [-0.1, -0.05) is 28.9 Å². The summed E-state index contributed by atoms with van der Waals surface area (Å²) in [5.41, 5.74) is 4.74. The van der Waals surface area contributed by atoms with Crippen molar-refractivity contribution in [3.63, 3.8) is 0 Å². The number of hydrogen-bond donors (Lipinski definition) is 1. The number of rotatable bonds is 5. The maximum absolute atomic E-state index is 13.7. The zero-order valence-electron chi connectivity index (χ0n) is 21.1. The maximum Gasteiger partial charge on any atom is 0.333 e. The average Bonchev–Trinajstić information content (AvgIpc) is 3.42. The van der Waals surface area contributed by atoms with Crippen LogP contribution < -0.4 is 11.0 Å². The topological polar surface area (TPSA) is 113 Å². The second-order valence-corrected chi connectivity index (χ2v) is 10.4. The molecule has 0 radical (unpaired) electrons. The Kier molecular flexibility index (Phi) is 6.19. The number of fused-ring (bicyclic) bond motifs is 2. The molecule has 38 heavy (non-hydrogen) atoms. The Bertz CT molecular complexity index is 1730. The maximum atomic E-state index is 13.7. The van der Waals surface area contributed by atoms with Gasteiger partial charge in [-0.2, -0.15) is 0 Å². The van der Waals surface area contributed by atoms with Gasteiger partial charge in [-0.05, 0) is 62.8 Å². The third kappa shape index (κ3) is 4.34. The number of nitrogens with one attached hydrogen (secondary N) is 1. The highest BCUT2D eigenvalue weighted by molar-refractivity contribution is 6.30. The number of nitrogens with zero attached hydrogens (tertiary/aromatic N) is 7. The van der Waals surface area contributed by atoms with E-state index in [1.165, 1.54) is 0 Å². The molecular formula is C27H27ClN8O2. The van der Waals surface area contributed by atoms with E-state index in [0.29, 0.717) is 45.6 Å². The minimum Gasteiger partial charge on any atom is -0.349 e. The Balaban J connectivity index is 1.20. The number of amides is 1. The summed E-state index contributed by atoms with van der Waals surface area (Å²) < 4.78 is 5.17. The van der Waals surface area contributed by atoms with E-state index in [9.17, 15) is 9.59 Å². The lowest BCUT2D eigenvalue weighted by molar-refractivity contribution is 0.0919. The molecule has 1 aliphatic rings. The standard InChI is InChI=1S/C27H27ClN8O2/c1-16-21(11-18(28)13-29-16)26(37)31-19-9-7-17(8-10-19)15-35-23-5-3-4-6-24(23)36(27(35)38)20-12-22-25(30-14-20)34(2)33-32-22/h3-6,11-14,17,19H,7-10,15H2,1-2H3,(H,31,37)/t17-,19-. The van der Waals surface area contributed by atoms with Crippen LogP contribution in [-0.4, -0.2) is 46.0 Å². The van der Waals surface area contributed by atoms with Gasteiger partial charge in [0, 0.05) is 25.8 Å². The van der Waals surface area contributed by atoms with Crippen LogP contribution in [0.3, 0.4) is 0 Å². The molecule has 0 bridgehead atoms. The highest BCUT2D eigenvalue weighted by Gasteiger charge is 2.26. The van der Waals surface area contributed by atoms with Crippen molar-refractivity contribution in [3.8, 4) is 5.69 Å². The van der Waals surface area contributed by atoms with E-state index in [1.54, 1.807) is 41.7 Å². The van der Waals surface area contributed by atoms with Gasteiger partial charge < -0.3 is 5.32 Å². The van der Waals surface area contributed by atoms with Crippen molar-refractivity contribution in [1.82, 2.24) is 39.4 Å². The van der Waals surface area contributed by atoms with Gasteiger partial charge in [0.1, 0.15) is 5.52 Å². The number of hydrogen-bond acceptors (Lipinski definition) is 6. The molecule has 0 aliphatic heterocycles. The SMILES string of the molecule is Cc1ncc(Cl)cc1C(=O)N[C@H]1CC[C@H](Cn2c(=O)n(-c3cnc4c(c3)nnn4C)c3ccccc32)CC1. The van der Waals surface area contributed by atoms with Crippen LogP contribution in [0.15, 0.2) is 53.6 Å². The lowest BCUT2D eigenvalue weighted by Gasteiger charge is -2.29. The Labute approximate surface area is 223 Å². The molecule has 6 rings (SSSR count). The van der Waals surface area contributed by atoms with Crippen molar-refractivity contribution < 1.29 is 4.79 Å². The lowest BCUT2D eigenvalue weighted by atomic mass is 9.85. The van der Waals surface area contributed by atoms with Crippen molar-refractivity contribution in [3.05, 3.63) is 75.6 Å². The Morgan fingerprint density at radius 2 is 1.84 bits per heavy atom. The molecule has 4 heterocycles. The van der Waals surface area contributed by atoms with Crippen molar-refractivity contribution in [2.75, 3.05) is 0 Å². The molecule has 10 nitrogen and oxygen atoms in total. The summed E-state index contributed by atoms with van der Waals surface area (Å²) in [4.78, 5) is 35.2. The van der Waals surface area contributed by atoms with Crippen molar-refractivity contribution in [2.24, 2.45) is 13.0 Å². The van der Waals surface area contributed by atoms with Gasteiger partial charge in [-0.3, -0.25) is 18.9 Å².